The fourth-order valence-corrected chi connectivity index (χ4v) is 3.23. The van der Waals surface area contributed by atoms with Crippen molar-refractivity contribution < 1.29 is 14.3 Å². The molecule has 1 N–H and O–H groups in total. The van der Waals surface area contributed by atoms with Crippen molar-refractivity contribution in [1.29, 1.82) is 0 Å². The van der Waals surface area contributed by atoms with Crippen molar-refractivity contribution >= 4 is 6.09 Å². The Morgan fingerprint density at radius 3 is 2.39 bits per heavy atom. The molecular weight excluding hydrogens is 350 g/mol. The van der Waals surface area contributed by atoms with Crippen LogP contribution in [0.3, 0.4) is 0 Å². The number of methoxy groups -OCH3 is 1. The van der Waals surface area contributed by atoms with Gasteiger partial charge in [-0.25, -0.2) is 4.79 Å². The fourth-order valence-electron chi connectivity index (χ4n) is 3.23. The van der Waals surface area contributed by atoms with Crippen LogP contribution in [0.4, 0.5) is 4.79 Å². The molecule has 0 saturated carbocycles. The monoisotopic (exact) mass is 369 g/mol. The first-order valence-electron chi connectivity index (χ1n) is 9.01. The van der Waals surface area contributed by atoms with E-state index in [0.29, 0.717) is 0 Å². The number of alkyl carbamates (subject to hydrolysis) is 1. The minimum Gasteiger partial charge on any atom is -0.497 e. The summed E-state index contributed by atoms with van der Waals surface area (Å²) in [5, 5.41) is 2.91. The van der Waals surface area contributed by atoms with Crippen LogP contribution < -0.4 is 10.1 Å². The average Bonchev–Trinajstić information content (AvgIpc) is 3.15. The molecule has 1 aliphatic heterocycles. The minimum absolute atomic E-state index is 0.293. The summed E-state index contributed by atoms with van der Waals surface area (Å²) in [4.78, 5) is 12.0. The first-order valence-corrected chi connectivity index (χ1v) is 9.01. The molecule has 4 rings (SSSR count). The molecule has 2 atom stereocenters. The fraction of sp³-hybridized carbons (Fsp3) is 0.125. The number of hydrogen-bond donors (Lipinski definition) is 1. The van der Waals surface area contributed by atoms with Gasteiger partial charge < -0.3 is 14.8 Å². The van der Waals surface area contributed by atoms with E-state index in [0.717, 1.165) is 28.0 Å². The normalized spacial score (nSPS) is 17.8. The second-order valence-electron chi connectivity index (χ2n) is 6.47. The van der Waals surface area contributed by atoms with Gasteiger partial charge in [-0.3, -0.25) is 0 Å². The van der Waals surface area contributed by atoms with Gasteiger partial charge in [0.2, 0.25) is 0 Å². The predicted octanol–water partition coefficient (Wildman–Crippen LogP) is 4.62. The number of rotatable bonds is 3. The molecule has 1 aliphatic rings. The van der Waals surface area contributed by atoms with Crippen LogP contribution in [-0.2, 0) is 4.74 Å². The molecule has 3 aromatic carbocycles. The number of carbonyl (C=O) groups excluding carboxylic acids is 1. The highest BCUT2D eigenvalue weighted by atomic mass is 16.6. The molecule has 1 heterocycles. The lowest BCUT2D eigenvalue weighted by Gasteiger charge is -2.18. The molecule has 1 fully saturated rings. The van der Waals surface area contributed by atoms with E-state index in [4.69, 9.17) is 9.47 Å². The highest BCUT2D eigenvalue weighted by Gasteiger charge is 2.36. The minimum atomic E-state index is -0.432. The Morgan fingerprint density at radius 1 is 0.857 bits per heavy atom. The molecule has 3 aromatic rings. The number of cyclic esters (lactones) is 1. The SMILES string of the molecule is COc1cccc([C@@H]2OC(=O)N[C@H]2c2cccc(C#Cc3ccccc3)c2)c1. The van der Waals surface area contributed by atoms with Crippen LogP contribution in [0.2, 0.25) is 0 Å². The van der Waals surface area contributed by atoms with Crippen LogP contribution in [0.1, 0.15) is 34.4 Å². The number of carbonyl (C=O) groups is 1. The van der Waals surface area contributed by atoms with Crippen molar-refractivity contribution in [2.45, 2.75) is 12.1 Å². The van der Waals surface area contributed by atoms with Crippen LogP contribution in [0.25, 0.3) is 0 Å². The number of nitrogens with one attached hydrogen (secondary N) is 1. The molecule has 0 bridgehead atoms. The van der Waals surface area contributed by atoms with E-state index in [1.807, 2.05) is 78.9 Å². The first kappa shape index (κ1) is 17.7. The number of amides is 1. The molecule has 4 nitrogen and oxygen atoms in total. The summed E-state index contributed by atoms with van der Waals surface area (Å²) >= 11 is 0. The summed E-state index contributed by atoms with van der Waals surface area (Å²) in [5.74, 6) is 7.07. The standard InChI is InChI=1S/C24H19NO3/c1-27-21-12-6-11-20(16-21)23-22(25-24(26)28-23)19-10-5-9-18(15-19)14-13-17-7-3-2-4-8-17/h2-12,15-16,22-23H,1H3,(H,25,26)/t22-,23-/m0/s1. The van der Waals surface area contributed by atoms with E-state index in [9.17, 15) is 4.79 Å². The van der Waals surface area contributed by atoms with Crippen LogP contribution >= 0.6 is 0 Å². The Morgan fingerprint density at radius 2 is 1.57 bits per heavy atom. The molecule has 1 amide bonds. The zero-order valence-corrected chi connectivity index (χ0v) is 15.4. The van der Waals surface area contributed by atoms with E-state index in [2.05, 4.69) is 17.2 Å². The lowest BCUT2D eigenvalue weighted by molar-refractivity contribution is 0.132. The lowest BCUT2D eigenvalue weighted by Crippen LogP contribution is -2.19. The molecule has 1 saturated heterocycles. The highest BCUT2D eigenvalue weighted by molar-refractivity contribution is 5.71. The molecule has 138 valence electrons. The van der Waals surface area contributed by atoms with Crippen molar-refractivity contribution in [3.05, 3.63) is 101 Å². The zero-order valence-electron chi connectivity index (χ0n) is 15.4. The quantitative estimate of drug-likeness (QED) is 0.686. The van der Waals surface area contributed by atoms with E-state index in [1.165, 1.54) is 0 Å². The molecule has 0 aliphatic carbocycles. The second-order valence-corrected chi connectivity index (χ2v) is 6.47. The third-order valence-electron chi connectivity index (χ3n) is 4.60. The summed E-state index contributed by atoms with van der Waals surface area (Å²) in [5.41, 5.74) is 3.66. The van der Waals surface area contributed by atoms with Gasteiger partial charge in [-0.2, -0.15) is 0 Å². The van der Waals surface area contributed by atoms with Gasteiger partial charge in [0.1, 0.15) is 5.75 Å². The van der Waals surface area contributed by atoms with Gasteiger partial charge in [0, 0.05) is 11.1 Å². The van der Waals surface area contributed by atoms with Crippen molar-refractivity contribution in [3.63, 3.8) is 0 Å². The van der Waals surface area contributed by atoms with E-state index in [1.54, 1.807) is 7.11 Å². The Labute approximate surface area is 164 Å². The third kappa shape index (κ3) is 3.84. The topological polar surface area (TPSA) is 47.6 Å². The van der Waals surface area contributed by atoms with Crippen molar-refractivity contribution in [3.8, 4) is 17.6 Å². The second kappa shape index (κ2) is 7.89. The van der Waals surface area contributed by atoms with Gasteiger partial charge in [-0.05, 0) is 47.5 Å². The van der Waals surface area contributed by atoms with Crippen molar-refractivity contribution in [2.75, 3.05) is 7.11 Å². The summed E-state index contributed by atoms with van der Waals surface area (Å²) < 4.78 is 10.8. The Balaban J connectivity index is 1.64. The van der Waals surface area contributed by atoms with Crippen LogP contribution in [0, 0.1) is 11.8 Å². The number of ether oxygens (including phenoxy) is 2. The lowest BCUT2D eigenvalue weighted by atomic mass is 9.95. The van der Waals surface area contributed by atoms with Gasteiger partial charge in [-0.1, -0.05) is 54.3 Å². The van der Waals surface area contributed by atoms with Gasteiger partial charge in [0.25, 0.3) is 0 Å². The van der Waals surface area contributed by atoms with Gasteiger partial charge >= 0.3 is 6.09 Å². The smallest absolute Gasteiger partial charge is 0.408 e. The van der Waals surface area contributed by atoms with Gasteiger partial charge in [-0.15, -0.1) is 0 Å². The molecular formula is C24H19NO3. The predicted molar refractivity (Wildman–Crippen MR) is 107 cm³/mol. The van der Waals surface area contributed by atoms with E-state index < -0.39 is 12.2 Å². The summed E-state index contributed by atoms with van der Waals surface area (Å²) in [6.45, 7) is 0. The molecule has 0 unspecified atom stereocenters. The maximum Gasteiger partial charge on any atom is 0.408 e. The summed E-state index contributed by atoms with van der Waals surface area (Å²) in [6.07, 6.45) is -0.862. The maximum absolute atomic E-state index is 12.0. The Bertz CT molecular complexity index is 1050. The Hall–Kier alpha value is -3.71. The highest BCUT2D eigenvalue weighted by Crippen LogP contribution is 2.37. The van der Waals surface area contributed by atoms with E-state index >= 15 is 0 Å². The molecule has 28 heavy (non-hydrogen) atoms. The van der Waals surface area contributed by atoms with E-state index in [-0.39, 0.29) is 6.04 Å². The zero-order chi connectivity index (χ0) is 19.3. The Kier molecular flexibility index (Phi) is 4.99. The van der Waals surface area contributed by atoms with Crippen molar-refractivity contribution in [2.24, 2.45) is 0 Å². The van der Waals surface area contributed by atoms with Gasteiger partial charge in [0.05, 0.1) is 13.2 Å². The number of hydrogen-bond acceptors (Lipinski definition) is 3. The van der Waals surface area contributed by atoms with Crippen LogP contribution in [-0.4, -0.2) is 13.2 Å². The molecule has 4 heteroatoms. The molecule has 0 aromatic heterocycles. The molecule has 0 spiro atoms. The summed E-state index contributed by atoms with van der Waals surface area (Å²) in [7, 11) is 1.62. The molecule has 0 radical (unpaired) electrons. The van der Waals surface area contributed by atoms with Gasteiger partial charge in [0.15, 0.2) is 6.10 Å². The third-order valence-corrected chi connectivity index (χ3v) is 4.60. The maximum atomic E-state index is 12.0. The number of benzene rings is 3. The van der Waals surface area contributed by atoms with Crippen molar-refractivity contribution in [1.82, 2.24) is 5.32 Å². The van der Waals surface area contributed by atoms with Crippen LogP contribution in [0.5, 0.6) is 5.75 Å². The largest absolute Gasteiger partial charge is 0.497 e. The first-order chi connectivity index (χ1) is 13.7. The van der Waals surface area contributed by atoms with Crippen LogP contribution in [0.15, 0.2) is 78.9 Å². The average molecular weight is 369 g/mol. The summed E-state index contributed by atoms with van der Waals surface area (Å²) in [6, 6.07) is 25.0.